The molecule has 2 aromatic rings. The highest BCUT2D eigenvalue weighted by atomic mass is 16.1. The Morgan fingerprint density at radius 2 is 2.05 bits per heavy atom. The molecular weight excluding hydrogens is 238 g/mol. The minimum atomic E-state index is 0.612. The zero-order chi connectivity index (χ0) is 13.7. The molecular formula is C15H17N3O. The lowest BCUT2D eigenvalue weighted by molar-refractivity contribution is 0.112. The second-order valence-corrected chi connectivity index (χ2v) is 4.40. The van der Waals surface area contributed by atoms with Gasteiger partial charge in [0, 0.05) is 37.2 Å². The van der Waals surface area contributed by atoms with Crippen LogP contribution >= 0.6 is 0 Å². The van der Waals surface area contributed by atoms with E-state index in [1.54, 1.807) is 18.6 Å². The maximum Gasteiger partial charge on any atom is 0.151 e. The van der Waals surface area contributed by atoms with Gasteiger partial charge in [0.05, 0.1) is 0 Å². The van der Waals surface area contributed by atoms with Crippen LogP contribution in [-0.2, 0) is 6.54 Å². The summed E-state index contributed by atoms with van der Waals surface area (Å²) in [6.07, 6.45) is 6.02. The smallest absolute Gasteiger partial charge is 0.151 e. The average Bonchev–Trinajstić information content (AvgIpc) is 2.46. The number of nitrogens with zero attached hydrogens (tertiary/aromatic N) is 3. The first-order valence-electron chi connectivity index (χ1n) is 6.30. The SMILES string of the molecule is CCN(Cc1ccncc1)c1ncc(C=O)cc1C. The van der Waals surface area contributed by atoms with E-state index in [4.69, 9.17) is 0 Å². The quantitative estimate of drug-likeness (QED) is 0.770. The maximum atomic E-state index is 10.7. The second-order valence-electron chi connectivity index (χ2n) is 4.40. The zero-order valence-electron chi connectivity index (χ0n) is 11.2. The molecule has 0 aliphatic heterocycles. The molecule has 98 valence electrons. The Morgan fingerprint density at radius 1 is 1.32 bits per heavy atom. The van der Waals surface area contributed by atoms with Gasteiger partial charge in [-0.1, -0.05) is 0 Å². The Hall–Kier alpha value is -2.23. The van der Waals surface area contributed by atoms with Crippen LogP contribution in [-0.4, -0.2) is 22.8 Å². The fourth-order valence-electron chi connectivity index (χ4n) is 2.03. The number of carbonyl (C=O) groups is 1. The van der Waals surface area contributed by atoms with Crippen LogP contribution in [0, 0.1) is 6.92 Å². The standard InChI is InChI=1S/C15H17N3O/c1-3-18(10-13-4-6-16-7-5-13)15-12(2)8-14(11-19)9-17-15/h4-9,11H,3,10H2,1-2H3. The van der Waals surface area contributed by atoms with Crippen molar-refractivity contribution in [2.75, 3.05) is 11.4 Å². The molecule has 0 aliphatic rings. The number of carbonyl (C=O) groups excluding carboxylic acids is 1. The number of anilines is 1. The van der Waals surface area contributed by atoms with Crippen LogP contribution in [0.3, 0.4) is 0 Å². The predicted molar refractivity (Wildman–Crippen MR) is 75.3 cm³/mol. The van der Waals surface area contributed by atoms with Crippen molar-refractivity contribution in [2.45, 2.75) is 20.4 Å². The van der Waals surface area contributed by atoms with Crippen LogP contribution in [0.5, 0.6) is 0 Å². The molecule has 0 unspecified atom stereocenters. The van der Waals surface area contributed by atoms with Crippen molar-refractivity contribution in [3.8, 4) is 0 Å². The molecule has 0 radical (unpaired) electrons. The summed E-state index contributed by atoms with van der Waals surface area (Å²) in [5.74, 6) is 0.921. The van der Waals surface area contributed by atoms with E-state index >= 15 is 0 Å². The summed E-state index contributed by atoms with van der Waals surface area (Å²) < 4.78 is 0. The molecule has 0 atom stereocenters. The maximum absolute atomic E-state index is 10.7. The number of hydrogen-bond donors (Lipinski definition) is 0. The molecule has 0 aliphatic carbocycles. The Morgan fingerprint density at radius 3 is 2.63 bits per heavy atom. The van der Waals surface area contributed by atoms with Crippen molar-refractivity contribution >= 4 is 12.1 Å². The first-order valence-corrected chi connectivity index (χ1v) is 6.30. The molecule has 4 heteroatoms. The second kappa shape index (κ2) is 6.09. The third-order valence-corrected chi connectivity index (χ3v) is 3.01. The Balaban J connectivity index is 2.24. The Kier molecular flexibility index (Phi) is 4.23. The monoisotopic (exact) mass is 255 g/mol. The highest BCUT2D eigenvalue weighted by Crippen LogP contribution is 2.19. The van der Waals surface area contributed by atoms with Gasteiger partial charge < -0.3 is 4.90 Å². The first-order chi connectivity index (χ1) is 9.24. The van der Waals surface area contributed by atoms with Gasteiger partial charge in [-0.15, -0.1) is 0 Å². The van der Waals surface area contributed by atoms with E-state index in [2.05, 4.69) is 21.8 Å². The highest BCUT2D eigenvalue weighted by Gasteiger charge is 2.10. The lowest BCUT2D eigenvalue weighted by Gasteiger charge is -2.23. The fourth-order valence-corrected chi connectivity index (χ4v) is 2.03. The van der Waals surface area contributed by atoms with E-state index in [0.29, 0.717) is 5.56 Å². The summed E-state index contributed by atoms with van der Waals surface area (Å²) in [5.41, 5.74) is 2.82. The van der Waals surface area contributed by atoms with Gasteiger partial charge in [-0.2, -0.15) is 0 Å². The van der Waals surface area contributed by atoms with Gasteiger partial charge >= 0.3 is 0 Å². The molecule has 0 saturated carbocycles. The summed E-state index contributed by atoms with van der Waals surface area (Å²) in [7, 11) is 0. The molecule has 0 saturated heterocycles. The number of aryl methyl sites for hydroxylation is 1. The van der Waals surface area contributed by atoms with E-state index in [9.17, 15) is 4.79 Å². The molecule has 0 spiro atoms. The molecule has 0 N–H and O–H groups in total. The third-order valence-electron chi connectivity index (χ3n) is 3.01. The van der Waals surface area contributed by atoms with Gasteiger partial charge in [0.25, 0.3) is 0 Å². The minimum absolute atomic E-state index is 0.612. The van der Waals surface area contributed by atoms with Gasteiger partial charge in [-0.05, 0) is 43.2 Å². The number of aromatic nitrogens is 2. The van der Waals surface area contributed by atoms with Crippen molar-refractivity contribution in [3.05, 3.63) is 53.5 Å². The summed E-state index contributed by atoms with van der Waals surface area (Å²) in [6, 6.07) is 5.86. The van der Waals surface area contributed by atoms with Crippen LogP contribution in [0.25, 0.3) is 0 Å². The number of rotatable bonds is 5. The normalized spacial score (nSPS) is 10.2. The van der Waals surface area contributed by atoms with Crippen molar-refractivity contribution in [1.82, 2.24) is 9.97 Å². The van der Waals surface area contributed by atoms with Gasteiger partial charge in [0.1, 0.15) is 5.82 Å². The highest BCUT2D eigenvalue weighted by molar-refractivity contribution is 5.75. The molecule has 19 heavy (non-hydrogen) atoms. The Bertz CT molecular complexity index is 555. The molecule has 0 bridgehead atoms. The predicted octanol–water partition coefficient (Wildman–Crippen LogP) is 2.62. The van der Waals surface area contributed by atoms with Crippen molar-refractivity contribution in [2.24, 2.45) is 0 Å². The van der Waals surface area contributed by atoms with Crippen LogP contribution in [0.2, 0.25) is 0 Å². The van der Waals surface area contributed by atoms with Crippen LogP contribution in [0.15, 0.2) is 36.8 Å². The van der Waals surface area contributed by atoms with Crippen LogP contribution in [0.4, 0.5) is 5.82 Å². The Labute approximate surface area is 113 Å². The van der Waals surface area contributed by atoms with Crippen LogP contribution < -0.4 is 4.90 Å². The van der Waals surface area contributed by atoms with Crippen LogP contribution in [0.1, 0.15) is 28.4 Å². The number of aldehydes is 1. The minimum Gasteiger partial charge on any atom is -0.352 e. The molecule has 2 heterocycles. The summed E-state index contributed by atoms with van der Waals surface area (Å²) in [5, 5.41) is 0. The molecule has 0 amide bonds. The number of pyridine rings is 2. The topological polar surface area (TPSA) is 46.1 Å². The van der Waals surface area contributed by atoms with E-state index in [1.807, 2.05) is 25.1 Å². The van der Waals surface area contributed by atoms with Crippen molar-refractivity contribution in [3.63, 3.8) is 0 Å². The average molecular weight is 255 g/mol. The first kappa shape index (κ1) is 13.2. The van der Waals surface area contributed by atoms with E-state index in [0.717, 1.165) is 30.8 Å². The molecule has 0 aromatic carbocycles. The van der Waals surface area contributed by atoms with Gasteiger partial charge in [-0.25, -0.2) is 4.98 Å². The lowest BCUT2D eigenvalue weighted by Crippen LogP contribution is -2.24. The largest absolute Gasteiger partial charge is 0.352 e. The van der Waals surface area contributed by atoms with E-state index < -0.39 is 0 Å². The van der Waals surface area contributed by atoms with Gasteiger partial charge in [-0.3, -0.25) is 9.78 Å². The zero-order valence-corrected chi connectivity index (χ0v) is 11.2. The summed E-state index contributed by atoms with van der Waals surface area (Å²) in [4.78, 5) is 21.3. The van der Waals surface area contributed by atoms with Crippen molar-refractivity contribution < 1.29 is 4.79 Å². The number of hydrogen-bond acceptors (Lipinski definition) is 4. The third kappa shape index (κ3) is 3.16. The fraction of sp³-hybridized carbons (Fsp3) is 0.267. The lowest BCUT2D eigenvalue weighted by atomic mass is 10.2. The van der Waals surface area contributed by atoms with Crippen molar-refractivity contribution in [1.29, 1.82) is 0 Å². The molecule has 2 aromatic heterocycles. The molecule has 4 nitrogen and oxygen atoms in total. The molecule has 0 fully saturated rings. The van der Waals surface area contributed by atoms with E-state index in [-0.39, 0.29) is 0 Å². The van der Waals surface area contributed by atoms with Gasteiger partial charge in [0.2, 0.25) is 0 Å². The summed E-state index contributed by atoms with van der Waals surface area (Å²) in [6.45, 7) is 5.71. The van der Waals surface area contributed by atoms with E-state index in [1.165, 1.54) is 5.56 Å². The van der Waals surface area contributed by atoms with Gasteiger partial charge in [0.15, 0.2) is 6.29 Å². The summed E-state index contributed by atoms with van der Waals surface area (Å²) >= 11 is 0. The molecule has 2 rings (SSSR count).